The van der Waals surface area contributed by atoms with Crippen LogP contribution >= 0.6 is 38.9 Å². The van der Waals surface area contributed by atoms with E-state index in [1.165, 1.54) is 4.88 Å². The predicted molar refractivity (Wildman–Crippen MR) is 91.1 cm³/mol. The second-order valence-electron chi connectivity index (χ2n) is 4.92. The van der Waals surface area contributed by atoms with Crippen LogP contribution in [0, 0.1) is 5.92 Å². The molecule has 0 fully saturated rings. The standard InChI is InChI=1S/C15H17BrClNOS/c1-10(2)9-19-12-5-3-4-11(6-12)18-8-13-7-14(16)15(17)20-13/h3-7,10,18H,8-9H2,1-2H3. The molecular weight excluding hydrogens is 358 g/mol. The molecule has 20 heavy (non-hydrogen) atoms. The van der Waals surface area contributed by atoms with Crippen molar-refractivity contribution in [3.05, 3.63) is 44.0 Å². The zero-order chi connectivity index (χ0) is 14.5. The Bertz CT molecular complexity index is 551. The summed E-state index contributed by atoms with van der Waals surface area (Å²) in [5.74, 6) is 1.42. The second-order valence-corrected chi connectivity index (χ2v) is 7.51. The lowest BCUT2D eigenvalue weighted by molar-refractivity contribution is 0.271. The molecule has 0 unspecified atom stereocenters. The molecule has 5 heteroatoms. The van der Waals surface area contributed by atoms with E-state index < -0.39 is 0 Å². The van der Waals surface area contributed by atoms with Crippen LogP contribution in [-0.2, 0) is 6.54 Å². The molecule has 0 amide bonds. The first kappa shape index (κ1) is 15.7. The first-order valence-corrected chi connectivity index (χ1v) is 8.44. The maximum atomic E-state index is 6.03. The van der Waals surface area contributed by atoms with Crippen molar-refractivity contribution in [2.24, 2.45) is 5.92 Å². The normalized spacial score (nSPS) is 10.8. The van der Waals surface area contributed by atoms with E-state index in [0.717, 1.165) is 33.4 Å². The average molecular weight is 375 g/mol. The fourth-order valence-corrected chi connectivity index (χ4v) is 3.36. The highest BCUT2D eigenvalue weighted by atomic mass is 79.9. The van der Waals surface area contributed by atoms with E-state index in [1.54, 1.807) is 11.3 Å². The van der Waals surface area contributed by atoms with Crippen molar-refractivity contribution in [2.75, 3.05) is 11.9 Å². The molecule has 1 N–H and O–H groups in total. The van der Waals surface area contributed by atoms with Gasteiger partial charge in [0, 0.05) is 27.6 Å². The Hall–Kier alpha value is -0.710. The first-order chi connectivity index (χ1) is 9.54. The zero-order valence-electron chi connectivity index (χ0n) is 11.5. The first-order valence-electron chi connectivity index (χ1n) is 6.45. The van der Waals surface area contributed by atoms with Gasteiger partial charge in [-0.2, -0.15) is 0 Å². The predicted octanol–water partition coefficient (Wildman–Crippen LogP) is 5.81. The highest BCUT2D eigenvalue weighted by Crippen LogP contribution is 2.32. The number of rotatable bonds is 6. The van der Waals surface area contributed by atoms with Gasteiger partial charge in [-0.25, -0.2) is 0 Å². The maximum Gasteiger partial charge on any atom is 0.121 e. The molecule has 0 saturated heterocycles. The molecule has 0 radical (unpaired) electrons. The van der Waals surface area contributed by atoms with Crippen LogP contribution in [0.3, 0.4) is 0 Å². The van der Waals surface area contributed by atoms with E-state index in [1.807, 2.05) is 30.3 Å². The number of thiophene rings is 1. The van der Waals surface area contributed by atoms with Crippen molar-refractivity contribution in [2.45, 2.75) is 20.4 Å². The van der Waals surface area contributed by atoms with Gasteiger partial charge in [0.25, 0.3) is 0 Å². The van der Waals surface area contributed by atoms with Crippen molar-refractivity contribution in [1.29, 1.82) is 0 Å². The van der Waals surface area contributed by atoms with E-state index in [9.17, 15) is 0 Å². The molecule has 2 nitrogen and oxygen atoms in total. The fourth-order valence-electron chi connectivity index (χ4n) is 1.63. The van der Waals surface area contributed by atoms with Crippen molar-refractivity contribution in [3.8, 4) is 5.75 Å². The van der Waals surface area contributed by atoms with Gasteiger partial charge < -0.3 is 10.1 Å². The van der Waals surface area contributed by atoms with Crippen LogP contribution in [0.2, 0.25) is 4.34 Å². The van der Waals surface area contributed by atoms with Crippen LogP contribution in [0.1, 0.15) is 18.7 Å². The number of benzene rings is 1. The summed E-state index contributed by atoms with van der Waals surface area (Å²) in [6.45, 7) is 5.77. The fraction of sp³-hybridized carbons (Fsp3) is 0.333. The van der Waals surface area contributed by atoms with E-state index in [-0.39, 0.29) is 0 Å². The topological polar surface area (TPSA) is 21.3 Å². The van der Waals surface area contributed by atoms with E-state index in [0.29, 0.717) is 5.92 Å². The largest absolute Gasteiger partial charge is 0.493 e. The third kappa shape index (κ3) is 4.69. The van der Waals surface area contributed by atoms with Crippen LogP contribution in [0.25, 0.3) is 0 Å². The third-order valence-electron chi connectivity index (χ3n) is 2.58. The molecule has 0 aliphatic heterocycles. The van der Waals surface area contributed by atoms with Gasteiger partial charge in [-0.05, 0) is 40.0 Å². The summed E-state index contributed by atoms with van der Waals surface area (Å²) in [6, 6.07) is 10.1. The van der Waals surface area contributed by atoms with E-state index >= 15 is 0 Å². The SMILES string of the molecule is CC(C)COc1cccc(NCc2cc(Br)c(Cl)s2)c1. The highest BCUT2D eigenvalue weighted by molar-refractivity contribution is 9.10. The van der Waals surface area contributed by atoms with Gasteiger partial charge in [0.15, 0.2) is 0 Å². The number of nitrogens with one attached hydrogen (secondary N) is 1. The maximum absolute atomic E-state index is 6.03. The van der Waals surface area contributed by atoms with Gasteiger partial charge in [0.2, 0.25) is 0 Å². The van der Waals surface area contributed by atoms with E-state index in [4.69, 9.17) is 16.3 Å². The number of hydrogen-bond acceptors (Lipinski definition) is 3. The highest BCUT2D eigenvalue weighted by Gasteiger charge is 2.04. The second kappa shape index (κ2) is 7.34. The Morgan fingerprint density at radius 3 is 2.80 bits per heavy atom. The van der Waals surface area contributed by atoms with Crippen LogP contribution in [0.5, 0.6) is 5.75 Å². The van der Waals surface area contributed by atoms with Gasteiger partial charge in [-0.1, -0.05) is 31.5 Å². The molecule has 0 saturated carbocycles. The van der Waals surface area contributed by atoms with Crippen molar-refractivity contribution < 1.29 is 4.74 Å². The van der Waals surface area contributed by atoms with Crippen LogP contribution in [0.4, 0.5) is 5.69 Å². The Morgan fingerprint density at radius 1 is 1.35 bits per heavy atom. The molecular formula is C15H17BrClNOS. The lowest BCUT2D eigenvalue weighted by atomic mass is 10.2. The molecule has 1 aromatic carbocycles. The molecule has 0 spiro atoms. The lowest BCUT2D eigenvalue weighted by Gasteiger charge is -2.10. The number of hydrogen-bond donors (Lipinski definition) is 1. The van der Waals surface area contributed by atoms with Crippen LogP contribution < -0.4 is 10.1 Å². The van der Waals surface area contributed by atoms with Crippen molar-refractivity contribution in [1.82, 2.24) is 0 Å². The van der Waals surface area contributed by atoms with Gasteiger partial charge in [0.1, 0.15) is 10.1 Å². The smallest absolute Gasteiger partial charge is 0.121 e. The Labute approximate surface area is 137 Å². The van der Waals surface area contributed by atoms with Gasteiger partial charge in [-0.15, -0.1) is 11.3 Å². The minimum absolute atomic E-state index is 0.525. The molecule has 1 aromatic heterocycles. The molecule has 2 aromatic rings. The monoisotopic (exact) mass is 373 g/mol. The Morgan fingerprint density at radius 2 is 2.15 bits per heavy atom. The summed E-state index contributed by atoms with van der Waals surface area (Å²) in [4.78, 5) is 1.19. The number of anilines is 1. The molecule has 0 bridgehead atoms. The molecule has 0 atom stereocenters. The van der Waals surface area contributed by atoms with Gasteiger partial charge in [0.05, 0.1) is 6.61 Å². The summed E-state index contributed by atoms with van der Waals surface area (Å²) in [6.07, 6.45) is 0. The molecule has 1 heterocycles. The summed E-state index contributed by atoms with van der Waals surface area (Å²) >= 11 is 11.0. The minimum Gasteiger partial charge on any atom is -0.493 e. The molecule has 0 aliphatic carbocycles. The summed E-state index contributed by atoms with van der Waals surface area (Å²) in [5, 5.41) is 3.38. The summed E-state index contributed by atoms with van der Waals surface area (Å²) in [5.41, 5.74) is 1.05. The van der Waals surface area contributed by atoms with Crippen molar-refractivity contribution >= 4 is 44.6 Å². The summed E-state index contributed by atoms with van der Waals surface area (Å²) in [7, 11) is 0. The summed E-state index contributed by atoms with van der Waals surface area (Å²) < 4.78 is 7.46. The van der Waals surface area contributed by atoms with Crippen molar-refractivity contribution in [3.63, 3.8) is 0 Å². The molecule has 2 rings (SSSR count). The van der Waals surface area contributed by atoms with Crippen LogP contribution in [0.15, 0.2) is 34.8 Å². The molecule has 108 valence electrons. The zero-order valence-corrected chi connectivity index (χ0v) is 14.6. The Kier molecular flexibility index (Phi) is 5.75. The third-order valence-corrected chi connectivity index (χ3v) is 5.05. The van der Waals surface area contributed by atoms with Gasteiger partial charge in [-0.3, -0.25) is 0 Å². The number of halogens is 2. The Balaban J connectivity index is 1.94. The quantitative estimate of drug-likeness (QED) is 0.688. The van der Waals surface area contributed by atoms with Gasteiger partial charge >= 0.3 is 0 Å². The number of ether oxygens (including phenoxy) is 1. The van der Waals surface area contributed by atoms with Crippen LogP contribution in [-0.4, -0.2) is 6.61 Å². The lowest BCUT2D eigenvalue weighted by Crippen LogP contribution is -2.05. The minimum atomic E-state index is 0.525. The average Bonchev–Trinajstić information content (AvgIpc) is 2.74. The molecule has 0 aliphatic rings. The van der Waals surface area contributed by atoms with E-state index in [2.05, 4.69) is 35.1 Å².